The number of hydrogen-bond donors (Lipinski definition) is 1. The van der Waals surface area contributed by atoms with E-state index in [0.717, 1.165) is 49.0 Å². The second-order valence-corrected chi connectivity index (χ2v) is 9.54. The van der Waals surface area contributed by atoms with Gasteiger partial charge in [-0.25, -0.2) is 4.79 Å². The van der Waals surface area contributed by atoms with Crippen molar-refractivity contribution in [3.63, 3.8) is 0 Å². The van der Waals surface area contributed by atoms with Crippen LogP contribution in [-0.4, -0.2) is 36.4 Å². The lowest BCUT2D eigenvalue weighted by atomic mass is 9.82. The van der Waals surface area contributed by atoms with E-state index in [9.17, 15) is 14.7 Å². The van der Waals surface area contributed by atoms with Gasteiger partial charge in [0.05, 0.1) is 5.69 Å². The van der Waals surface area contributed by atoms with E-state index in [1.807, 2.05) is 41.3 Å². The molecule has 4 rings (SSSR count). The molecule has 2 aliphatic rings. The maximum absolute atomic E-state index is 13.8. The second kappa shape index (κ2) is 9.83. The molecule has 0 bridgehead atoms. The molecule has 0 radical (unpaired) electrons. The Hall–Kier alpha value is -2.38. The van der Waals surface area contributed by atoms with Crippen molar-refractivity contribution in [1.82, 2.24) is 0 Å². The first-order chi connectivity index (χ1) is 15.0. The average Bonchev–Trinajstić information content (AvgIpc) is 3.18. The van der Waals surface area contributed by atoms with Crippen LogP contribution < -0.4 is 9.64 Å². The van der Waals surface area contributed by atoms with Gasteiger partial charge in [0.1, 0.15) is 0 Å². The lowest BCUT2D eigenvalue weighted by molar-refractivity contribution is -0.124. The molecule has 2 heterocycles. The summed E-state index contributed by atoms with van der Waals surface area (Å²) in [7, 11) is 0. The Labute approximate surface area is 186 Å². The maximum Gasteiger partial charge on any atom is 0.512 e. The molecule has 1 saturated heterocycles. The smallest absolute Gasteiger partial charge is 0.449 e. The van der Waals surface area contributed by atoms with Gasteiger partial charge in [0.25, 0.3) is 0 Å². The fourth-order valence-electron chi connectivity index (χ4n) is 4.57. The Bertz CT molecular complexity index is 898. The van der Waals surface area contributed by atoms with Crippen molar-refractivity contribution < 1.29 is 24.2 Å². The van der Waals surface area contributed by atoms with E-state index in [1.54, 1.807) is 0 Å². The van der Waals surface area contributed by atoms with Crippen molar-refractivity contribution in [3.05, 3.63) is 36.4 Å². The summed E-state index contributed by atoms with van der Waals surface area (Å²) in [6.45, 7) is 3.43. The van der Waals surface area contributed by atoms with Crippen LogP contribution in [-0.2, 0) is 9.53 Å². The van der Waals surface area contributed by atoms with Gasteiger partial charge < -0.3 is 19.5 Å². The molecule has 166 valence electrons. The quantitative estimate of drug-likeness (QED) is 0.590. The van der Waals surface area contributed by atoms with E-state index in [4.69, 9.17) is 9.47 Å². The molecule has 1 aliphatic heterocycles. The number of anilines is 1. The number of nitrogens with zero attached hydrogens (tertiary/aromatic N) is 1. The Morgan fingerprint density at radius 2 is 1.74 bits per heavy atom. The summed E-state index contributed by atoms with van der Waals surface area (Å²) in [5, 5.41) is 9.60. The SMILES string of the molecule is CC1CCC(C(=O)N(c2cc(-c3ccccc3)sc2OC(=O)O)C2CCOCC2)CC1. The highest BCUT2D eigenvalue weighted by Crippen LogP contribution is 2.45. The maximum atomic E-state index is 13.8. The second-order valence-electron chi connectivity index (χ2n) is 8.53. The topological polar surface area (TPSA) is 76.1 Å². The predicted molar refractivity (Wildman–Crippen MR) is 121 cm³/mol. The number of carboxylic acid groups (broad SMARTS) is 1. The molecular weight excluding hydrogens is 414 g/mol. The number of thiophene rings is 1. The normalized spacial score (nSPS) is 22.1. The van der Waals surface area contributed by atoms with Gasteiger partial charge in [-0.05, 0) is 56.1 Å². The summed E-state index contributed by atoms with van der Waals surface area (Å²) in [6, 6.07) is 11.7. The van der Waals surface area contributed by atoms with Crippen LogP contribution in [0.15, 0.2) is 36.4 Å². The van der Waals surface area contributed by atoms with Gasteiger partial charge in [-0.3, -0.25) is 4.79 Å². The van der Waals surface area contributed by atoms with Gasteiger partial charge in [-0.15, -0.1) is 0 Å². The van der Waals surface area contributed by atoms with Gasteiger partial charge in [-0.1, -0.05) is 48.6 Å². The van der Waals surface area contributed by atoms with Crippen molar-refractivity contribution in [2.75, 3.05) is 18.1 Å². The van der Waals surface area contributed by atoms with Gasteiger partial charge in [0.2, 0.25) is 11.0 Å². The molecule has 1 aromatic carbocycles. The molecule has 0 unspecified atom stereocenters. The summed E-state index contributed by atoms with van der Waals surface area (Å²) >= 11 is 1.27. The molecular formula is C24H29NO5S. The fourth-order valence-corrected chi connectivity index (χ4v) is 5.57. The molecule has 2 fully saturated rings. The van der Waals surface area contributed by atoms with Crippen LogP contribution in [0.2, 0.25) is 0 Å². The monoisotopic (exact) mass is 443 g/mol. The molecule has 0 atom stereocenters. The van der Waals surface area contributed by atoms with Crippen LogP contribution in [0.4, 0.5) is 10.5 Å². The average molecular weight is 444 g/mol. The van der Waals surface area contributed by atoms with E-state index in [1.165, 1.54) is 11.3 Å². The minimum atomic E-state index is -1.37. The zero-order valence-corrected chi connectivity index (χ0v) is 18.6. The van der Waals surface area contributed by atoms with Gasteiger partial charge in [-0.2, -0.15) is 0 Å². The van der Waals surface area contributed by atoms with E-state index in [-0.39, 0.29) is 22.9 Å². The minimum Gasteiger partial charge on any atom is -0.449 e. The minimum absolute atomic E-state index is 0.0185. The lowest BCUT2D eigenvalue weighted by Gasteiger charge is -2.37. The number of benzene rings is 1. The Morgan fingerprint density at radius 1 is 1.06 bits per heavy atom. The molecule has 2 aromatic rings. The first-order valence-corrected chi connectivity index (χ1v) is 11.9. The highest BCUT2D eigenvalue weighted by atomic mass is 32.1. The fraction of sp³-hybridized carbons (Fsp3) is 0.500. The van der Waals surface area contributed by atoms with Crippen LogP contribution in [0.25, 0.3) is 10.4 Å². The zero-order valence-electron chi connectivity index (χ0n) is 17.8. The molecule has 1 N–H and O–H groups in total. The molecule has 7 heteroatoms. The lowest BCUT2D eigenvalue weighted by Crippen LogP contribution is -2.47. The third kappa shape index (κ3) is 5.10. The van der Waals surface area contributed by atoms with Crippen LogP contribution in [0.1, 0.15) is 45.4 Å². The van der Waals surface area contributed by atoms with E-state index < -0.39 is 6.16 Å². The van der Waals surface area contributed by atoms with Crippen LogP contribution >= 0.6 is 11.3 Å². The van der Waals surface area contributed by atoms with Crippen LogP contribution in [0.3, 0.4) is 0 Å². The first-order valence-electron chi connectivity index (χ1n) is 11.0. The summed E-state index contributed by atoms with van der Waals surface area (Å²) in [4.78, 5) is 27.9. The third-order valence-corrected chi connectivity index (χ3v) is 7.39. The van der Waals surface area contributed by atoms with Crippen molar-refractivity contribution in [2.45, 2.75) is 51.5 Å². The predicted octanol–water partition coefficient (Wildman–Crippen LogP) is 5.81. The number of carbonyl (C=O) groups is 2. The number of rotatable bonds is 5. The number of hydrogen-bond acceptors (Lipinski definition) is 5. The standard InChI is InChI=1S/C24H29NO5S/c1-16-7-9-18(10-8-16)22(26)25(19-11-13-29-14-12-19)20-15-21(17-5-3-2-4-6-17)31-23(20)30-24(27)28/h2-6,15-16,18-19H,7-14H2,1H3,(H,27,28). The Kier molecular flexibility index (Phi) is 6.92. The number of carbonyl (C=O) groups excluding carboxylic acids is 1. The highest BCUT2D eigenvalue weighted by molar-refractivity contribution is 7.18. The molecule has 6 nitrogen and oxygen atoms in total. The first kappa shape index (κ1) is 21.8. The molecule has 1 aliphatic carbocycles. The Balaban J connectivity index is 1.73. The highest BCUT2D eigenvalue weighted by Gasteiger charge is 2.36. The van der Waals surface area contributed by atoms with E-state index in [0.29, 0.717) is 24.8 Å². The summed E-state index contributed by atoms with van der Waals surface area (Å²) in [5.41, 5.74) is 1.54. The van der Waals surface area contributed by atoms with Gasteiger partial charge in [0.15, 0.2) is 0 Å². The zero-order chi connectivity index (χ0) is 21.8. The van der Waals surface area contributed by atoms with Crippen molar-refractivity contribution in [3.8, 4) is 15.5 Å². The third-order valence-electron chi connectivity index (χ3n) is 6.34. The van der Waals surface area contributed by atoms with Crippen LogP contribution in [0.5, 0.6) is 5.06 Å². The van der Waals surface area contributed by atoms with E-state index in [2.05, 4.69) is 6.92 Å². The van der Waals surface area contributed by atoms with Gasteiger partial charge in [0, 0.05) is 30.1 Å². The molecule has 31 heavy (non-hydrogen) atoms. The number of ether oxygens (including phenoxy) is 2. The van der Waals surface area contributed by atoms with Gasteiger partial charge >= 0.3 is 6.16 Å². The van der Waals surface area contributed by atoms with Crippen molar-refractivity contribution in [2.24, 2.45) is 11.8 Å². The molecule has 1 aromatic heterocycles. The van der Waals surface area contributed by atoms with Crippen molar-refractivity contribution >= 4 is 29.1 Å². The summed E-state index contributed by atoms with van der Waals surface area (Å²) in [5.74, 6) is 0.709. The molecule has 1 amide bonds. The summed E-state index contributed by atoms with van der Waals surface area (Å²) < 4.78 is 10.7. The van der Waals surface area contributed by atoms with Crippen molar-refractivity contribution in [1.29, 1.82) is 0 Å². The van der Waals surface area contributed by atoms with E-state index >= 15 is 0 Å². The largest absolute Gasteiger partial charge is 0.512 e. The molecule has 1 saturated carbocycles. The Morgan fingerprint density at radius 3 is 2.39 bits per heavy atom. The summed E-state index contributed by atoms with van der Waals surface area (Å²) in [6.07, 6.45) is 3.96. The molecule has 0 spiro atoms. The number of amides is 1. The van der Waals surface area contributed by atoms with Crippen LogP contribution in [0, 0.1) is 11.8 Å².